The van der Waals surface area contributed by atoms with Gasteiger partial charge in [0.1, 0.15) is 5.69 Å². The van der Waals surface area contributed by atoms with Gasteiger partial charge >= 0.3 is 0 Å². The molecule has 1 aromatic rings. The van der Waals surface area contributed by atoms with Crippen LogP contribution in [0.2, 0.25) is 0 Å². The maximum absolute atomic E-state index is 12.3. The van der Waals surface area contributed by atoms with Crippen LogP contribution >= 0.6 is 0 Å². The van der Waals surface area contributed by atoms with Gasteiger partial charge in [0.2, 0.25) is 5.43 Å². The van der Waals surface area contributed by atoms with Gasteiger partial charge in [-0.2, -0.15) is 0 Å². The standard InChI is InChI=1S/C29H47NO4/c1-2-3-4-5-6-7-8-9-10-11-12-13-14-15-16-18-22-30-23-21-27(32)29(26(30)25-31)34-28-20-17-19-24-33-28/h18,21-23,25,28H,2-17,19-20,24H2,1H3. The lowest BCUT2D eigenvalue weighted by molar-refractivity contribution is -0.106. The van der Waals surface area contributed by atoms with Crippen molar-refractivity contribution in [3.05, 3.63) is 34.3 Å². The van der Waals surface area contributed by atoms with E-state index in [4.69, 9.17) is 9.47 Å². The topological polar surface area (TPSA) is 57.5 Å². The van der Waals surface area contributed by atoms with E-state index >= 15 is 0 Å². The maximum Gasteiger partial charge on any atom is 0.224 e. The molecule has 0 aromatic carbocycles. The molecule has 1 saturated heterocycles. The summed E-state index contributed by atoms with van der Waals surface area (Å²) in [5, 5.41) is 0. The van der Waals surface area contributed by atoms with Crippen molar-refractivity contribution < 1.29 is 14.3 Å². The number of pyridine rings is 1. The molecule has 1 unspecified atom stereocenters. The average molecular weight is 474 g/mol. The van der Waals surface area contributed by atoms with Crippen molar-refractivity contribution in [2.45, 2.75) is 129 Å². The molecule has 34 heavy (non-hydrogen) atoms. The molecule has 192 valence electrons. The summed E-state index contributed by atoms with van der Waals surface area (Å²) in [5.41, 5.74) is -0.0354. The quantitative estimate of drug-likeness (QED) is 0.151. The normalized spacial score (nSPS) is 16.2. The van der Waals surface area contributed by atoms with E-state index in [1.54, 1.807) is 10.8 Å². The number of unbranched alkanes of at least 4 members (excludes halogenated alkanes) is 14. The van der Waals surface area contributed by atoms with Crippen LogP contribution in [-0.2, 0) is 4.74 Å². The van der Waals surface area contributed by atoms with E-state index in [-0.39, 0.29) is 16.9 Å². The molecule has 0 radical (unpaired) electrons. The van der Waals surface area contributed by atoms with Crippen molar-refractivity contribution in [3.8, 4) is 5.75 Å². The molecular weight excluding hydrogens is 426 g/mol. The summed E-state index contributed by atoms with van der Waals surface area (Å²) in [7, 11) is 0. The Morgan fingerprint density at radius 1 is 0.941 bits per heavy atom. The maximum atomic E-state index is 12.3. The fourth-order valence-corrected chi connectivity index (χ4v) is 4.49. The number of hydrogen-bond acceptors (Lipinski definition) is 4. The average Bonchev–Trinajstić information content (AvgIpc) is 2.86. The van der Waals surface area contributed by atoms with Gasteiger partial charge in [0.15, 0.2) is 18.3 Å². The Hall–Kier alpha value is -1.88. The third-order valence-electron chi connectivity index (χ3n) is 6.61. The third kappa shape index (κ3) is 11.5. The molecule has 1 aliphatic heterocycles. The first-order chi connectivity index (χ1) is 16.8. The molecule has 5 heteroatoms. The summed E-state index contributed by atoms with van der Waals surface area (Å²) in [5.74, 6) is 0.0885. The molecule has 1 aliphatic rings. The van der Waals surface area contributed by atoms with Crippen LogP contribution in [0.25, 0.3) is 6.20 Å². The fourth-order valence-electron chi connectivity index (χ4n) is 4.49. The number of rotatable bonds is 19. The van der Waals surface area contributed by atoms with Crippen LogP contribution in [0.1, 0.15) is 133 Å². The Bertz CT molecular complexity index is 749. The van der Waals surface area contributed by atoms with E-state index < -0.39 is 6.29 Å². The second-order valence-electron chi connectivity index (χ2n) is 9.60. The first-order valence-corrected chi connectivity index (χ1v) is 13.9. The van der Waals surface area contributed by atoms with E-state index in [1.165, 1.54) is 89.5 Å². The van der Waals surface area contributed by atoms with Gasteiger partial charge in [-0.15, -0.1) is 0 Å². The zero-order valence-electron chi connectivity index (χ0n) is 21.5. The Morgan fingerprint density at radius 3 is 2.12 bits per heavy atom. The third-order valence-corrected chi connectivity index (χ3v) is 6.61. The number of aldehydes is 1. The Morgan fingerprint density at radius 2 is 1.56 bits per heavy atom. The molecule has 2 rings (SSSR count). The summed E-state index contributed by atoms with van der Waals surface area (Å²) >= 11 is 0. The second-order valence-corrected chi connectivity index (χ2v) is 9.60. The fraction of sp³-hybridized carbons (Fsp3) is 0.724. The molecule has 2 heterocycles. The number of hydrogen-bond donors (Lipinski definition) is 0. The monoisotopic (exact) mass is 473 g/mol. The van der Waals surface area contributed by atoms with Gasteiger partial charge in [-0.1, -0.05) is 96.5 Å². The zero-order valence-corrected chi connectivity index (χ0v) is 21.5. The highest BCUT2D eigenvalue weighted by Gasteiger charge is 2.20. The highest BCUT2D eigenvalue weighted by molar-refractivity contribution is 5.78. The minimum Gasteiger partial charge on any atom is -0.458 e. The van der Waals surface area contributed by atoms with Crippen LogP contribution in [0.5, 0.6) is 5.75 Å². The van der Waals surface area contributed by atoms with Gasteiger partial charge < -0.3 is 14.0 Å². The number of carbonyl (C=O) groups excluding carboxylic acids is 1. The summed E-state index contributed by atoms with van der Waals surface area (Å²) in [6.45, 7) is 2.90. The molecule has 1 fully saturated rings. The van der Waals surface area contributed by atoms with Gasteiger partial charge in [0, 0.05) is 24.9 Å². The summed E-state index contributed by atoms with van der Waals surface area (Å²) < 4.78 is 13.0. The van der Waals surface area contributed by atoms with E-state index in [9.17, 15) is 9.59 Å². The number of allylic oxidation sites excluding steroid dienone is 1. The van der Waals surface area contributed by atoms with Crippen molar-refractivity contribution >= 4 is 12.5 Å². The summed E-state index contributed by atoms with van der Waals surface area (Å²) in [6.07, 6.45) is 28.5. The van der Waals surface area contributed by atoms with Crippen LogP contribution < -0.4 is 10.2 Å². The lowest BCUT2D eigenvalue weighted by Crippen LogP contribution is -2.28. The molecule has 5 nitrogen and oxygen atoms in total. The molecule has 0 N–H and O–H groups in total. The molecule has 0 saturated carbocycles. The predicted molar refractivity (Wildman–Crippen MR) is 141 cm³/mol. The molecular formula is C29H47NO4. The smallest absolute Gasteiger partial charge is 0.224 e. The minimum absolute atomic E-state index is 0.0885. The van der Waals surface area contributed by atoms with Crippen LogP contribution in [0.4, 0.5) is 0 Å². The zero-order chi connectivity index (χ0) is 24.3. The largest absolute Gasteiger partial charge is 0.458 e. The Labute approximate surface area is 206 Å². The van der Waals surface area contributed by atoms with Crippen LogP contribution in [-0.4, -0.2) is 23.8 Å². The molecule has 0 amide bonds. The minimum atomic E-state index is -0.449. The van der Waals surface area contributed by atoms with Gasteiger partial charge in [0.05, 0.1) is 6.61 Å². The SMILES string of the molecule is CCCCCCCCCCCCCCCCC=Cn1ccc(=O)c(OC2CCCCO2)c1C=O. The molecule has 1 atom stereocenters. The van der Waals surface area contributed by atoms with E-state index in [2.05, 4.69) is 13.0 Å². The molecule has 1 aromatic heterocycles. The molecule has 0 aliphatic carbocycles. The van der Waals surface area contributed by atoms with E-state index in [0.717, 1.165) is 32.1 Å². The van der Waals surface area contributed by atoms with Gasteiger partial charge in [0.25, 0.3) is 0 Å². The van der Waals surface area contributed by atoms with E-state index in [1.807, 2.05) is 6.20 Å². The number of ether oxygens (including phenoxy) is 2. The molecule has 0 bridgehead atoms. The van der Waals surface area contributed by atoms with Crippen molar-refractivity contribution in [3.63, 3.8) is 0 Å². The second kappa shape index (κ2) is 18.4. The molecule has 0 spiro atoms. The van der Waals surface area contributed by atoms with Crippen molar-refractivity contribution in [2.24, 2.45) is 0 Å². The number of nitrogens with zero attached hydrogens (tertiary/aromatic N) is 1. The van der Waals surface area contributed by atoms with Crippen LogP contribution in [0.15, 0.2) is 23.1 Å². The van der Waals surface area contributed by atoms with Gasteiger partial charge in [-0.3, -0.25) is 9.59 Å². The van der Waals surface area contributed by atoms with Gasteiger partial charge in [-0.25, -0.2) is 0 Å². The van der Waals surface area contributed by atoms with Gasteiger partial charge in [-0.05, 0) is 25.7 Å². The lowest BCUT2D eigenvalue weighted by Gasteiger charge is -2.24. The highest BCUT2D eigenvalue weighted by Crippen LogP contribution is 2.20. The summed E-state index contributed by atoms with van der Waals surface area (Å²) in [4.78, 5) is 24.0. The Balaban J connectivity index is 1.58. The van der Waals surface area contributed by atoms with Crippen molar-refractivity contribution in [1.82, 2.24) is 4.57 Å². The van der Waals surface area contributed by atoms with E-state index in [0.29, 0.717) is 12.9 Å². The lowest BCUT2D eigenvalue weighted by atomic mass is 10.0. The summed E-state index contributed by atoms with van der Waals surface area (Å²) in [6, 6.07) is 1.45. The predicted octanol–water partition coefficient (Wildman–Crippen LogP) is 7.91. The Kier molecular flexibility index (Phi) is 15.4. The number of aromatic nitrogens is 1. The van der Waals surface area contributed by atoms with Crippen LogP contribution in [0, 0.1) is 0 Å². The van der Waals surface area contributed by atoms with Crippen molar-refractivity contribution in [2.75, 3.05) is 6.61 Å². The highest BCUT2D eigenvalue weighted by atomic mass is 16.7. The first kappa shape index (κ1) is 28.4. The van der Waals surface area contributed by atoms with Crippen LogP contribution in [0.3, 0.4) is 0 Å². The van der Waals surface area contributed by atoms with Crippen molar-refractivity contribution in [1.29, 1.82) is 0 Å². The number of carbonyl (C=O) groups is 1. The first-order valence-electron chi connectivity index (χ1n) is 13.9.